The SMILES string of the molecule is CCc1cccc(C)c1NC(=O)C(C)Sc1cccc(NC(=O)/C(=C\c2ccc(C)cc2)NC(=O)c2ccccc2)c1. The minimum Gasteiger partial charge on any atom is -0.325 e. The van der Waals surface area contributed by atoms with Crippen molar-refractivity contribution in [3.63, 3.8) is 0 Å². The van der Waals surface area contributed by atoms with Gasteiger partial charge in [-0.15, -0.1) is 11.8 Å². The number of hydrogen-bond donors (Lipinski definition) is 3. The molecule has 214 valence electrons. The summed E-state index contributed by atoms with van der Waals surface area (Å²) in [7, 11) is 0. The van der Waals surface area contributed by atoms with Gasteiger partial charge in [-0.3, -0.25) is 14.4 Å². The number of rotatable bonds is 10. The predicted molar refractivity (Wildman–Crippen MR) is 173 cm³/mol. The Hall–Kier alpha value is -4.62. The van der Waals surface area contributed by atoms with E-state index in [2.05, 4.69) is 22.9 Å². The number of carbonyl (C=O) groups excluding carboxylic acids is 3. The van der Waals surface area contributed by atoms with Crippen molar-refractivity contribution < 1.29 is 14.4 Å². The Bertz CT molecular complexity index is 1600. The van der Waals surface area contributed by atoms with Gasteiger partial charge in [0.25, 0.3) is 11.8 Å². The average molecular weight is 578 g/mol. The first-order chi connectivity index (χ1) is 20.2. The molecule has 3 amide bonds. The summed E-state index contributed by atoms with van der Waals surface area (Å²) < 4.78 is 0. The third kappa shape index (κ3) is 8.21. The predicted octanol–water partition coefficient (Wildman–Crippen LogP) is 7.39. The maximum absolute atomic E-state index is 13.4. The zero-order valence-electron chi connectivity index (χ0n) is 24.2. The topological polar surface area (TPSA) is 87.3 Å². The molecule has 3 N–H and O–H groups in total. The van der Waals surface area contributed by atoms with Crippen molar-refractivity contribution >= 4 is 46.9 Å². The summed E-state index contributed by atoms with van der Waals surface area (Å²) in [5.74, 6) is -0.932. The number of nitrogens with one attached hydrogen (secondary N) is 3. The minimum atomic E-state index is -0.459. The fraction of sp³-hybridized carbons (Fsp3) is 0.171. The zero-order chi connectivity index (χ0) is 30.1. The summed E-state index contributed by atoms with van der Waals surface area (Å²) in [5, 5.41) is 8.39. The smallest absolute Gasteiger partial charge is 0.272 e. The van der Waals surface area contributed by atoms with Gasteiger partial charge in [0, 0.05) is 21.8 Å². The van der Waals surface area contributed by atoms with Crippen LogP contribution in [-0.4, -0.2) is 23.0 Å². The number of aryl methyl sites for hydroxylation is 3. The van der Waals surface area contributed by atoms with Crippen molar-refractivity contribution in [3.05, 3.63) is 131 Å². The monoisotopic (exact) mass is 577 g/mol. The summed E-state index contributed by atoms with van der Waals surface area (Å²) in [6.45, 7) is 7.90. The van der Waals surface area contributed by atoms with E-state index >= 15 is 0 Å². The first kappa shape index (κ1) is 30.3. The fourth-order valence-corrected chi connectivity index (χ4v) is 5.23. The maximum Gasteiger partial charge on any atom is 0.272 e. The molecule has 4 rings (SSSR count). The van der Waals surface area contributed by atoms with Gasteiger partial charge in [0.2, 0.25) is 5.91 Å². The molecule has 0 fully saturated rings. The molecule has 0 saturated heterocycles. The molecule has 0 aliphatic heterocycles. The van der Waals surface area contributed by atoms with Gasteiger partial charge in [-0.1, -0.05) is 79.2 Å². The molecule has 0 aromatic heterocycles. The van der Waals surface area contributed by atoms with E-state index in [1.165, 1.54) is 11.8 Å². The summed E-state index contributed by atoms with van der Waals surface area (Å²) in [5.41, 5.74) is 5.97. The lowest BCUT2D eigenvalue weighted by atomic mass is 10.1. The number of carbonyl (C=O) groups is 3. The van der Waals surface area contributed by atoms with Crippen LogP contribution >= 0.6 is 11.8 Å². The highest BCUT2D eigenvalue weighted by atomic mass is 32.2. The molecule has 0 aliphatic rings. The highest BCUT2D eigenvalue weighted by molar-refractivity contribution is 8.00. The molecular formula is C35H35N3O3S. The Morgan fingerprint density at radius 3 is 2.26 bits per heavy atom. The van der Waals surface area contributed by atoms with E-state index in [1.807, 2.05) is 87.5 Å². The normalized spacial score (nSPS) is 11.9. The van der Waals surface area contributed by atoms with Gasteiger partial charge in [-0.25, -0.2) is 0 Å². The largest absolute Gasteiger partial charge is 0.325 e. The van der Waals surface area contributed by atoms with Gasteiger partial charge in [0.1, 0.15) is 5.70 Å². The van der Waals surface area contributed by atoms with Gasteiger partial charge < -0.3 is 16.0 Å². The standard InChI is InChI=1S/C35H35N3O3S/c1-5-27-14-9-11-24(3)32(27)38-33(39)25(4)42-30-16-10-15-29(22-30)36-35(41)31(21-26-19-17-23(2)18-20-26)37-34(40)28-12-7-6-8-13-28/h6-22,25H,5H2,1-4H3,(H,36,41)(H,37,40)(H,38,39)/b31-21+. The second-order valence-electron chi connectivity index (χ2n) is 9.98. The summed E-state index contributed by atoms with van der Waals surface area (Å²) in [4.78, 5) is 40.2. The number of thioether (sulfide) groups is 1. The minimum absolute atomic E-state index is 0.0922. The van der Waals surface area contributed by atoms with Gasteiger partial charge in [0.15, 0.2) is 0 Å². The van der Waals surface area contributed by atoms with Crippen LogP contribution in [0.25, 0.3) is 6.08 Å². The Morgan fingerprint density at radius 1 is 0.833 bits per heavy atom. The van der Waals surface area contributed by atoms with E-state index in [4.69, 9.17) is 0 Å². The van der Waals surface area contributed by atoms with E-state index in [9.17, 15) is 14.4 Å². The van der Waals surface area contributed by atoms with Crippen LogP contribution in [0.5, 0.6) is 0 Å². The van der Waals surface area contributed by atoms with E-state index in [-0.39, 0.29) is 22.8 Å². The van der Waals surface area contributed by atoms with Gasteiger partial charge >= 0.3 is 0 Å². The second kappa shape index (κ2) is 14.3. The number of anilines is 2. The van der Waals surface area contributed by atoms with E-state index in [1.54, 1.807) is 36.4 Å². The third-order valence-electron chi connectivity index (χ3n) is 6.68. The Morgan fingerprint density at radius 2 is 1.55 bits per heavy atom. The number of hydrogen-bond acceptors (Lipinski definition) is 4. The fourth-order valence-electron chi connectivity index (χ4n) is 4.30. The Kier molecular flexibility index (Phi) is 10.3. The van der Waals surface area contributed by atoms with Crippen molar-refractivity contribution in [1.29, 1.82) is 0 Å². The molecule has 0 heterocycles. The molecule has 4 aromatic carbocycles. The highest BCUT2D eigenvalue weighted by Gasteiger charge is 2.18. The van der Waals surface area contributed by atoms with Crippen LogP contribution in [0.1, 0.15) is 46.5 Å². The van der Waals surface area contributed by atoms with Gasteiger partial charge in [-0.05, 0) is 80.3 Å². The van der Waals surface area contributed by atoms with Crippen molar-refractivity contribution in [1.82, 2.24) is 5.32 Å². The van der Waals surface area contributed by atoms with E-state index in [0.29, 0.717) is 11.3 Å². The molecule has 0 radical (unpaired) electrons. The number of amides is 3. The molecule has 0 aliphatic carbocycles. The van der Waals surface area contributed by atoms with Crippen molar-refractivity contribution in [2.24, 2.45) is 0 Å². The van der Waals surface area contributed by atoms with Gasteiger partial charge in [-0.2, -0.15) is 0 Å². The first-order valence-corrected chi connectivity index (χ1v) is 14.7. The lowest BCUT2D eigenvalue weighted by Crippen LogP contribution is -2.30. The van der Waals surface area contributed by atoms with Crippen LogP contribution < -0.4 is 16.0 Å². The molecule has 7 heteroatoms. The van der Waals surface area contributed by atoms with Crippen LogP contribution in [0, 0.1) is 13.8 Å². The maximum atomic E-state index is 13.4. The molecule has 0 saturated carbocycles. The third-order valence-corrected chi connectivity index (χ3v) is 7.77. The molecule has 6 nitrogen and oxygen atoms in total. The van der Waals surface area contributed by atoms with Gasteiger partial charge in [0.05, 0.1) is 5.25 Å². The Balaban J connectivity index is 1.48. The quantitative estimate of drug-likeness (QED) is 0.135. The molecule has 0 spiro atoms. The van der Waals surface area contributed by atoms with Crippen LogP contribution in [0.4, 0.5) is 11.4 Å². The van der Waals surface area contributed by atoms with E-state index in [0.717, 1.165) is 39.3 Å². The van der Waals surface area contributed by atoms with Crippen molar-refractivity contribution in [2.45, 2.75) is 44.3 Å². The molecule has 4 aromatic rings. The van der Waals surface area contributed by atoms with Crippen molar-refractivity contribution in [3.8, 4) is 0 Å². The second-order valence-corrected chi connectivity index (χ2v) is 11.4. The molecular weight excluding hydrogens is 542 g/mol. The molecule has 1 atom stereocenters. The zero-order valence-corrected chi connectivity index (χ0v) is 25.0. The first-order valence-electron chi connectivity index (χ1n) is 13.9. The average Bonchev–Trinajstić information content (AvgIpc) is 2.99. The van der Waals surface area contributed by atoms with Crippen LogP contribution in [0.15, 0.2) is 108 Å². The Labute approximate surface area is 251 Å². The number of benzene rings is 4. The molecule has 42 heavy (non-hydrogen) atoms. The highest BCUT2D eigenvalue weighted by Crippen LogP contribution is 2.28. The van der Waals surface area contributed by atoms with E-state index < -0.39 is 5.91 Å². The van der Waals surface area contributed by atoms with Crippen molar-refractivity contribution in [2.75, 3.05) is 10.6 Å². The summed E-state index contributed by atoms with van der Waals surface area (Å²) in [6.07, 6.45) is 2.48. The lowest BCUT2D eigenvalue weighted by Gasteiger charge is -2.17. The van der Waals surface area contributed by atoms with Crippen LogP contribution in [-0.2, 0) is 16.0 Å². The summed E-state index contributed by atoms with van der Waals surface area (Å²) >= 11 is 1.40. The molecule has 0 bridgehead atoms. The number of para-hydroxylation sites is 1. The van der Waals surface area contributed by atoms with Crippen LogP contribution in [0.3, 0.4) is 0 Å². The van der Waals surface area contributed by atoms with Crippen LogP contribution in [0.2, 0.25) is 0 Å². The lowest BCUT2D eigenvalue weighted by molar-refractivity contribution is -0.115. The summed E-state index contributed by atoms with van der Waals surface area (Å²) in [6, 6.07) is 29.7. The molecule has 1 unspecified atom stereocenters.